The minimum absolute atomic E-state index is 0.0223. The number of hydrogen-bond donors (Lipinski definition) is 0. The number of carbonyl (C=O) groups is 1. The van der Waals surface area contributed by atoms with E-state index in [1.54, 1.807) is 4.90 Å². The normalized spacial score (nSPS) is 13.7. The van der Waals surface area contributed by atoms with Crippen LogP contribution in [-0.2, 0) is 7.05 Å². The molecular formula is C18H17N3O2. The first-order valence-electron chi connectivity index (χ1n) is 7.62. The quantitative estimate of drug-likeness (QED) is 0.694. The van der Waals surface area contributed by atoms with Crippen LogP contribution in [0.3, 0.4) is 0 Å². The molecule has 0 saturated carbocycles. The van der Waals surface area contributed by atoms with Gasteiger partial charge < -0.3 is 14.2 Å². The zero-order valence-corrected chi connectivity index (χ0v) is 13.1. The first kappa shape index (κ1) is 13.8. The number of ether oxygens (including phenoxy) is 1. The number of benzene rings is 2. The van der Waals surface area contributed by atoms with Gasteiger partial charge in [-0.25, -0.2) is 4.98 Å². The zero-order chi connectivity index (χ0) is 16.0. The van der Waals surface area contributed by atoms with Gasteiger partial charge in [0.1, 0.15) is 18.2 Å². The van der Waals surface area contributed by atoms with Gasteiger partial charge in [-0.3, -0.25) is 4.79 Å². The predicted octanol–water partition coefficient (Wildman–Crippen LogP) is 2.92. The van der Waals surface area contributed by atoms with Gasteiger partial charge in [-0.05, 0) is 37.3 Å². The molecule has 0 spiro atoms. The summed E-state index contributed by atoms with van der Waals surface area (Å²) in [4.78, 5) is 19.2. The van der Waals surface area contributed by atoms with Crippen LogP contribution in [0.1, 0.15) is 16.2 Å². The number of para-hydroxylation sites is 2. The maximum atomic E-state index is 12.9. The highest BCUT2D eigenvalue weighted by atomic mass is 16.5. The van der Waals surface area contributed by atoms with E-state index in [9.17, 15) is 4.79 Å². The Morgan fingerprint density at radius 2 is 2.04 bits per heavy atom. The summed E-state index contributed by atoms with van der Waals surface area (Å²) >= 11 is 0. The Labute approximate surface area is 134 Å². The van der Waals surface area contributed by atoms with Gasteiger partial charge in [-0.15, -0.1) is 0 Å². The summed E-state index contributed by atoms with van der Waals surface area (Å²) in [5.74, 6) is 1.66. The zero-order valence-electron chi connectivity index (χ0n) is 13.1. The molecule has 0 unspecified atom stereocenters. The lowest BCUT2D eigenvalue weighted by molar-refractivity contribution is 0.0976. The second kappa shape index (κ2) is 5.12. The van der Waals surface area contributed by atoms with E-state index >= 15 is 0 Å². The summed E-state index contributed by atoms with van der Waals surface area (Å²) in [6.07, 6.45) is 0. The third-order valence-electron chi connectivity index (χ3n) is 4.33. The fraction of sp³-hybridized carbons (Fsp3) is 0.222. The van der Waals surface area contributed by atoms with Crippen LogP contribution < -0.4 is 9.64 Å². The van der Waals surface area contributed by atoms with Crippen molar-refractivity contribution in [2.75, 3.05) is 18.1 Å². The standard InChI is InChI=1S/C18H17N3O2/c1-12-19-14-11-13(7-8-15(14)20(12)2)18(22)21-9-10-23-17-6-4-3-5-16(17)21/h3-8,11H,9-10H2,1-2H3. The highest BCUT2D eigenvalue weighted by Gasteiger charge is 2.24. The van der Waals surface area contributed by atoms with E-state index in [2.05, 4.69) is 4.98 Å². The van der Waals surface area contributed by atoms with Crippen molar-refractivity contribution in [2.24, 2.45) is 7.05 Å². The second-order valence-electron chi connectivity index (χ2n) is 5.69. The smallest absolute Gasteiger partial charge is 0.258 e. The van der Waals surface area contributed by atoms with Crippen LogP contribution in [0.5, 0.6) is 5.75 Å². The van der Waals surface area contributed by atoms with E-state index < -0.39 is 0 Å². The van der Waals surface area contributed by atoms with Crippen molar-refractivity contribution >= 4 is 22.6 Å². The topological polar surface area (TPSA) is 47.4 Å². The molecular weight excluding hydrogens is 290 g/mol. The van der Waals surface area contributed by atoms with E-state index in [1.165, 1.54) is 0 Å². The molecule has 0 bridgehead atoms. The molecule has 0 fully saturated rings. The molecule has 0 aliphatic carbocycles. The first-order valence-corrected chi connectivity index (χ1v) is 7.62. The fourth-order valence-electron chi connectivity index (χ4n) is 2.99. The van der Waals surface area contributed by atoms with Crippen LogP contribution >= 0.6 is 0 Å². The van der Waals surface area contributed by atoms with E-state index in [0.717, 1.165) is 28.3 Å². The van der Waals surface area contributed by atoms with Crippen molar-refractivity contribution in [1.29, 1.82) is 0 Å². The van der Waals surface area contributed by atoms with Crippen molar-refractivity contribution in [1.82, 2.24) is 9.55 Å². The summed E-state index contributed by atoms with van der Waals surface area (Å²) in [7, 11) is 1.98. The molecule has 4 rings (SSSR count). The van der Waals surface area contributed by atoms with Crippen molar-refractivity contribution in [3.05, 3.63) is 53.9 Å². The van der Waals surface area contributed by atoms with Gasteiger partial charge in [0.2, 0.25) is 0 Å². The number of rotatable bonds is 1. The Balaban J connectivity index is 1.75. The Hall–Kier alpha value is -2.82. The van der Waals surface area contributed by atoms with Crippen LogP contribution in [0, 0.1) is 6.92 Å². The number of carbonyl (C=O) groups excluding carboxylic acids is 1. The minimum atomic E-state index is -0.0223. The van der Waals surface area contributed by atoms with E-state index in [4.69, 9.17) is 4.74 Å². The highest BCUT2D eigenvalue weighted by Crippen LogP contribution is 2.32. The van der Waals surface area contributed by atoms with Crippen LogP contribution in [0.25, 0.3) is 11.0 Å². The Morgan fingerprint density at radius 1 is 1.22 bits per heavy atom. The second-order valence-corrected chi connectivity index (χ2v) is 5.69. The number of anilines is 1. The summed E-state index contributed by atoms with van der Waals surface area (Å²) < 4.78 is 7.64. The van der Waals surface area contributed by atoms with Crippen LogP contribution in [0.15, 0.2) is 42.5 Å². The Kier molecular flexibility index (Phi) is 3.08. The monoisotopic (exact) mass is 307 g/mol. The van der Waals surface area contributed by atoms with Crippen LogP contribution in [0.4, 0.5) is 5.69 Å². The number of aromatic nitrogens is 2. The number of fused-ring (bicyclic) bond motifs is 2. The molecule has 2 aromatic carbocycles. The average Bonchev–Trinajstić information content (AvgIpc) is 2.87. The summed E-state index contributed by atoms with van der Waals surface area (Å²) in [6.45, 7) is 3.02. The largest absolute Gasteiger partial charge is 0.490 e. The summed E-state index contributed by atoms with van der Waals surface area (Å²) in [6, 6.07) is 13.3. The van der Waals surface area contributed by atoms with Crippen molar-refractivity contribution < 1.29 is 9.53 Å². The molecule has 5 nitrogen and oxygen atoms in total. The molecule has 23 heavy (non-hydrogen) atoms. The van der Waals surface area contributed by atoms with Gasteiger partial charge >= 0.3 is 0 Å². The molecule has 1 amide bonds. The molecule has 1 aliphatic heterocycles. The molecule has 2 heterocycles. The number of imidazole rings is 1. The minimum Gasteiger partial charge on any atom is -0.490 e. The summed E-state index contributed by atoms with van der Waals surface area (Å²) in [5, 5.41) is 0. The summed E-state index contributed by atoms with van der Waals surface area (Å²) in [5.41, 5.74) is 3.34. The first-order chi connectivity index (χ1) is 11.1. The molecule has 0 saturated heterocycles. The molecule has 1 aliphatic rings. The number of hydrogen-bond acceptors (Lipinski definition) is 3. The van der Waals surface area contributed by atoms with E-state index in [1.807, 2.05) is 61.0 Å². The molecule has 3 aromatic rings. The van der Waals surface area contributed by atoms with Gasteiger partial charge in [0, 0.05) is 12.6 Å². The van der Waals surface area contributed by atoms with Crippen LogP contribution in [-0.4, -0.2) is 28.6 Å². The molecule has 116 valence electrons. The maximum absolute atomic E-state index is 12.9. The van der Waals surface area contributed by atoms with Crippen LogP contribution in [0.2, 0.25) is 0 Å². The van der Waals surface area contributed by atoms with Crippen molar-refractivity contribution in [3.8, 4) is 5.75 Å². The average molecular weight is 307 g/mol. The molecule has 0 N–H and O–H groups in total. The van der Waals surface area contributed by atoms with Gasteiger partial charge in [0.05, 0.1) is 23.3 Å². The number of nitrogens with zero attached hydrogens (tertiary/aromatic N) is 3. The lowest BCUT2D eigenvalue weighted by Gasteiger charge is -2.29. The van der Waals surface area contributed by atoms with Crippen molar-refractivity contribution in [3.63, 3.8) is 0 Å². The third-order valence-corrected chi connectivity index (χ3v) is 4.33. The SMILES string of the molecule is Cc1nc2cc(C(=O)N3CCOc4ccccc43)ccc2n1C. The predicted molar refractivity (Wildman–Crippen MR) is 89.1 cm³/mol. The highest BCUT2D eigenvalue weighted by molar-refractivity contribution is 6.08. The van der Waals surface area contributed by atoms with Gasteiger partial charge in [0.15, 0.2) is 0 Å². The molecule has 0 radical (unpaired) electrons. The molecule has 0 atom stereocenters. The Morgan fingerprint density at radius 3 is 2.91 bits per heavy atom. The van der Waals surface area contributed by atoms with Gasteiger partial charge in [0.25, 0.3) is 5.91 Å². The Bertz CT molecular complexity index is 914. The fourth-order valence-corrected chi connectivity index (χ4v) is 2.99. The van der Waals surface area contributed by atoms with Gasteiger partial charge in [-0.1, -0.05) is 12.1 Å². The number of aryl methyl sites for hydroxylation is 2. The number of amides is 1. The van der Waals surface area contributed by atoms with E-state index in [0.29, 0.717) is 18.7 Å². The third kappa shape index (κ3) is 2.16. The lowest BCUT2D eigenvalue weighted by Crippen LogP contribution is -2.37. The molecule has 5 heteroatoms. The lowest BCUT2D eigenvalue weighted by atomic mass is 10.1. The molecule has 1 aromatic heterocycles. The maximum Gasteiger partial charge on any atom is 0.258 e. The van der Waals surface area contributed by atoms with Gasteiger partial charge in [-0.2, -0.15) is 0 Å². The van der Waals surface area contributed by atoms with E-state index in [-0.39, 0.29) is 5.91 Å². The van der Waals surface area contributed by atoms with Crippen molar-refractivity contribution in [2.45, 2.75) is 6.92 Å².